The summed E-state index contributed by atoms with van der Waals surface area (Å²) in [5.74, 6) is -7.95. The smallest absolute Gasteiger partial charge is 0.312 e. The van der Waals surface area contributed by atoms with Crippen molar-refractivity contribution in [2.24, 2.45) is 28.8 Å². The van der Waals surface area contributed by atoms with Gasteiger partial charge in [-0.1, -0.05) is 33.8 Å². The van der Waals surface area contributed by atoms with Crippen LogP contribution in [0.4, 0.5) is 5.69 Å². The van der Waals surface area contributed by atoms with Crippen molar-refractivity contribution in [1.29, 1.82) is 0 Å². The number of fused-ring (bicyclic) bond motifs is 15. The second kappa shape index (κ2) is 18.2. The van der Waals surface area contributed by atoms with Gasteiger partial charge in [-0.3, -0.25) is 19.4 Å². The molecule has 2 aromatic carbocycles. The lowest BCUT2D eigenvalue weighted by molar-refractivity contribution is -0.160. The summed E-state index contributed by atoms with van der Waals surface area (Å²) in [4.78, 5) is 42.7. The number of hydrogen-bond acceptors (Lipinski definition) is 15. The minimum absolute atomic E-state index is 0.0651. The number of anilines is 1. The number of likely N-dealkylation sites (N-methyl/N-ethyl adjacent to an activating group) is 1. The second-order valence-corrected chi connectivity index (χ2v) is 16.5. The quantitative estimate of drug-likeness (QED) is 0.108. The van der Waals surface area contributed by atoms with Crippen molar-refractivity contribution in [3.05, 3.63) is 40.7 Å². The Bertz CT molecular complexity index is 2020. The number of esters is 1. The molecule has 0 aromatic heterocycles. The Morgan fingerprint density at radius 1 is 0.966 bits per heavy atom. The Morgan fingerprint density at radius 3 is 2.25 bits per heavy atom. The third-order valence-corrected chi connectivity index (χ3v) is 12.2. The van der Waals surface area contributed by atoms with Crippen molar-refractivity contribution < 1.29 is 58.9 Å². The first-order chi connectivity index (χ1) is 27.7. The summed E-state index contributed by atoms with van der Waals surface area (Å²) in [7, 11) is 3.43. The van der Waals surface area contributed by atoms with E-state index in [9.17, 15) is 39.9 Å². The highest BCUT2D eigenvalue weighted by atomic mass is 16.7. The van der Waals surface area contributed by atoms with Crippen LogP contribution < -0.4 is 10.1 Å². The van der Waals surface area contributed by atoms with Gasteiger partial charge in [0, 0.05) is 81.4 Å². The molecule has 59 heavy (non-hydrogen) atoms. The molecule has 2 aromatic rings. The third-order valence-electron chi connectivity index (χ3n) is 12.2. The molecule has 0 aliphatic carbocycles. The van der Waals surface area contributed by atoms with Crippen molar-refractivity contribution in [3.63, 3.8) is 0 Å². The number of carbonyl (C=O) groups excluding carboxylic acids is 3. The van der Waals surface area contributed by atoms with Crippen LogP contribution in [-0.4, -0.2) is 130 Å². The lowest BCUT2D eigenvalue weighted by Crippen LogP contribution is -2.46. The lowest BCUT2D eigenvalue weighted by atomic mass is 9.78. The van der Waals surface area contributed by atoms with Gasteiger partial charge in [-0.05, 0) is 45.7 Å². The predicted octanol–water partition coefficient (Wildman–Crippen LogP) is 4.56. The van der Waals surface area contributed by atoms with E-state index in [1.165, 1.54) is 46.4 Å². The van der Waals surface area contributed by atoms with Gasteiger partial charge >= 0.3 is 11.8 Å². The van der Waals surface area contributed by atoms with E-state index < -0.39 is 82.9 Å². The van der Waals surface area contributed by atoms with Gasteiger partial charge in [0.1, 0.15) is 23.4 Å². The average molecular weight is 825 g/mol. The first kappa shape index (κ1) is 45.2. The maximum absolute atomic E-state index is 14.4. The molecule has 1 fully saturated rings. The number of ketones is 1. The van der Waals surface area contributed by atoms with Gasteiger partial charge in [-0.15, -0.1) is 0 Å². The van der Waals surface area contributed by atoms with Gasteiger partial charge < -0.3 is 54.7 Å². The molecule has 4 heterocycles. The maximum atomic E-state index is 14.4. The zero-order valence-electron chi connectivity index (χ0n) is 35.6. The van der Waals surface area contributed by atoms with E-state index in [1.54, 1.807) is 38.8 Å². The molecule has 6 rings (SSSR count). The van der Waals surface area contributed by atoms with E-state index in [4.69, 9.17) is 18.9 Å². The first-order valence-corrected chi connectivity index (χ1v) is 20.1. The van der Waals surface area contributed by atoms with Gasteiger partial charge in [-0.2, -0.15) is 5.10 Å². The summed E-state index contributed by atoms with van der Waals surface area (Å²) in [5, 5.41) is 67.0. The molecule has 16 nitrogen and oxygen atoms in total. The highest BCUT2D eigenvalue weighted by Gasteiger charge is 2.50. The number of aromatic hydroxyl groups is 3. The number of phenolic OH excluding ortho intramolecular Hbond substituents is 3. The summed E-state index contributed by atoms with van der Waals surface area (Å²) in [6, 6.07) is 0. The van der Waals surface area contributed by atoms with Crippen LogP contribution in [0, 0.1) is 30.6 Å². The third kappa shape index (κ3) is 9.00. The predicted molar refractivity (Wildman–Crippen MR) is 221 cm³/mol. The van der Waals surface area contributed by atoms with Crippen molar-refractivity contribution in [1.82, 2.24) is 9.91 Å². The Morgan fingerprint density at radius 2 is 1.63 bits per heavy atom. The standard InChI is InChI=1S/C43H60N4O12/c1-21-12-11-13-22(2)42(55)45-33-28(20-44-47-17-15-46(9)16-18-47)37(52)30-31(38(33)53)36(51)26(6)40-32(30)41(54)43(8,59-40)57-19-14-29(56-10)23(3)39(58-27(7)48)25(5)35(50)24(4)34(21)49/h13-14,19-21,23-25,29,34-35,39,49-53H,11-12,15-18H2,1-10H3,(H,45,55)/b19-14+,22-13-,44-20?/t21-,23+,24+,25+,29-,34-,35+,39+,43-/m0/s1. The summed E-state index contributed by atoms with van der Waals surface area (Å²) >= 11 is 0. The fourth-order valence-electron chi connectivity index (χ4n) is 8.22. The normalized spacial score (nSPS) is 31.8. The topological polar surface area (TPSA) is 220 Å². The summed E-state index contributed by atoms with van der Waals surface area (Å²) in [5.41, 5.74) is -0.203. The Kier molecular flexibility index (Phi) is 13.9. The molecule has 0 saturated carbocycles. The summed E-state index contributed by atoms with van der Waals surface area (Å²) in [6.45, 7) is 15.3. The van der Waals surface area contributed by atoms with Crippen LogP contribution in [0.3, 0.4) is 0 Å². The summed E-state index contributed by atoms with van der Waals surface area (Å²) < 4.78 is 23.6. The molecule has 5 bridgehead atoms. The molecule has 0 spiro atoms. The number of methoxy groups -OCH3 is 1. The number of rotatable bonds is 4. The fraction of sp³-hybridized carbons (Fsp3) is 0.581. The van der Waals surface area contributed by atoms with Crippen LogP contribution in [0.2, 0.25) is 0 Å². The van der Waals surface area contributed by atoms with Crippen molar-refractivity contribution in [2.45, 2.75) is 98.4 Å². The molecule has 4 aliphatic rings. The first-order valence-electron chi connectivity index (χ1n) is 20.1. The van der Waals surface area contributed by atoms with E-state index in [2.05, 4.69) is 15.3 Å². The average Bonchev–Trinajstić information content (AvgIpc) is 3.46. The Labute approximate surface area is 345 Å². The fourth-order valence-corrected chi connectivity index (χ4v) is 8.22. The second-order valence-electron chi connectivity index (χ2n) is 16.5. The number of hydrogen-bond donors (Lipinski definition) is 6. The number of nitrogens with one attached hydrogen (secondary N) is 1. The molecule has 9 atom stereocenters. The number of amides is 1. The Hall–Kier alpha value is -4.90. The van der Waals surface area contributed by atoms with E-state index in [0.29, 0.717) is 25.9 Å². The largest absolute Gasteiger partial charge is 0.507 e. The van der Waals surface area contributed by atoms with Gasteiger partial charge in [0.2, 0.25) is 0 Å². The molecule has 1 amide bonds. The number of allylic oxidation sites excluding steroid dienone is 1. The molecular weight excluding hydrogens is 764 g/mol. The minimum atomic E-state index is -2.04. The minimum Gasteiger partial charge on any atom is -0.507 e. The van der Waals surface area contributed by atoms with Gasteiger partial charge in [0.05, 0.1) is 53.0 Å². The van der Waals surface area contributed by atoms with Crippen LogP contribution in [0.15, 0.2) is 29.1 Å². The highest BCUT2D eigenvalue weighted by Crippen LogP contribution is 2.55. The van der Waals surface area contributed by atoms with Gasteiger partial charge in [0.25, 0.3) is 11.7 Å². The molecule has 324 valence electrons. The molecular formula is C43H60N4O12. The number of aliphatic hydroxyl groups excluding tert-OH is 2. The number of nitrogens with zero attached hydrogens (tertiary/aromatic N) is 3. The number of piperazine rings is 1. The zero-order valence-corrected chi connectivity index (χ0v) is 35.6. The maximum Gasteiger partial charge on any atom is 0.312 e. The van der Waals surface area contributed by atoms with Gasteiger partial charge in [0.15, 0.2) is 5.75 Å². The molecule has 6 N–H and O–H groups in total. The van der Waals surface area contributed by atoms with Crippen LogP contribution in [-0.2, 0) is 23.8 Å². The SMILES string of the molecule is CO[C@H]1/C=C/O[C@@]2(C)Oc3c(C)c(O)c4c(O)c(c(C=NN5CCN(C)CC5)c(O)c4c3C2=O)NC(=O)/C(C)=C\CC[C@H](C)[C@H](O)[C@@H](C)[C@@H](O)[C@@H](C)[C@H](OC(C)=O)[C@@H]1C. The van der Waals surface area contributed by atoms with Crippen LogP contribution >= 0.6 is 0 Å². The summed E-state index contributed by atoms with van der Waals surface area (Å²) in [6.07, 6.45) is 2.77. The number of carbonyl (C=O) groups is 3. The molecule has 16 heteroatoms. The molecule has 4 aliphatic heterocycles. The van der Waals surface area contributed by atoms with Crippen molar-refractivity contribution >= 4 is 40.3 Å². The van der Waals surface area contributed by atoms with Crippen LogP contribution in [0.1, 0.15) is 82.8 Å². The van der Waals surface area contributed by atoms with Gasteiger partial charge in [-0.25, -0.2) is 0 Å². The van der Waals surface area contributed by atoms with E-state index in [1.807, 2.05) is 14.0 Å². The Balaban J connectivity index is 1.68. The number of phenols is 3. The zero-order chi connectivity index (χ0) is 43.7. The van der Waals surface area contributed by atoms with E-state index >= 15 is 0 Å². The number of hydrazone groups is 1. The number of ether oxygens (including phenoxy) is 4. The van der Waals surface area contributed by atoms with Crippen molar-refractivity contribution in [3.8, 4) is 23.0 Å². The number of Topliss-reactive ketones (excluding diaryl/α,β-unsaturated/α-hetero) is 1. The van der Waals surface area contributed by atoms with Crippen LogP contribution in [0.5, 0.6) is 23.0 Å². The highest BCUT2D eigenvalue weighted by molar-refractivity contribution is 6.23. The number of aliphatic hydroxyl groups is 2. The van der Waals surface area contributed by atoms with E-state index in [-0.39, 0.29) is 50.4 Å². The lowest BCUT2D eigenvalue weighted by Gasteiger charge is -2.38. The van der Waals surface area contributed by atoms with Crippen molar-refractivity contribution in [2.75, 3.05) is 45.7 Å². The van der Waals surface area contributed by atoms with Crippen LogP contribution in [0.25, 0.3) is 10.8 Å². The number of benzene rings is 2. The monoisotopic (exact) mass is 824 g/mol. The molecule has 0 radical (unpaired) electrons. The molecule has 0 unspecified atom stereocenters. The van der Waals surface area contributed by atoms with E-state index in [0.717, 1.165) is 13.1 Å². The molecule has 1 saturated heterocycles.